The summed E-state index contributed by atoms with van der Waals surface area (Å²) in [5.41, 5.74) is 0.123. The van der Waals surface area contributed by atoms with Gasteiger partial charge in [-0.05, 0) is 59.0 Å². The smallest absolute Gasteiger partial charge is 0.315 e. The minimum absolute atomic E-state index is 0.109. The highest BCUT2D eigenvalue weighted by atomic mass is 16.4. The van der Waals surface area contributed by atoms with Crippen LogP contribution >= 0.6 is 0 Å². The minimum atomic E-state index is -0.712. The molecule has 21 heavy (non-hydrogen) atoms. The van der Waals surface area contributed by atoms with Crippen LogP contribution in [-0.4, -0.2) is 54.2 Å². The summed E-state index contributed by atoms with van der Waals surface area (Å²) in [4.78, 5) is 25.1. The second-order valence-corrected chi connectivity index (χ2v) is 6.69. The molecule has 0 atom stereocenters. The quantitative estimate of drug-likeness (QED) is 0.716. The summed E-state index contributed by atoms with van der Waals surface area (Å²) < 4.78 is 0. The van der Waals surface area contributed by atoms with E-state index in [9.17, 15) is 9.59 Å². The van der Waals surface area contributed by atoms with Crippen LogP contribution in [0.2, 0.25) is 0 Å². The SMILES string of the molecule is CN(C)C1(CNC(=O)NC2CCC(C(=O)O)CC2)CCC1. The second kappa shape index (κ2) is 6.64. The fourth-order valence-electron chi connectivity index (χ4n) is 3.33. The van der Waals surface area contributed by atoms with Gasteiger partial charge < -0.3 is 20.6 Å². The predicted octanol–water partition coefficient (Wildman–Crippen LogP) is 1.41. The number of aliphatic carboxylic acids is 1. The van der Waals surface area contributed by atoms with Gasteiger partial charge in [0.1, 0.15) is 0 Å². The van der Waals surface area contributed by atoms with E-state index in [1.807, 2.05) is 0 Å². The molecule has 2 aliphatic rings. The van der Waals surface area contributed by atoms with Crippen LogP contribution in [0.5, 0.6) is 0 Å². The van der Waals surface area contributed by atoms with Crippen LogP contribution in [0.25, 0.3) is 0 Å². The molecule has 2 rings (SSSR count). The van der Waals surface area contributed by atoms with E-state index in [0.29, 0.717) is 19.4 Å². The van der Waals surface area contributed by atoms with Gasteiger partial charge in [-0.25, -0.2) is 4.79 Å². The number of carbonyl (C=O) groups excluding carboxylic acids is 1. The van der Waals surface area contributed by atoms with E-state index in [-0.39, 0.29) is 23.5 Å². The van der Waals surface area contributed by atoms with Crippen molar-refractivity contribution in [3.05, 3.63) is 0 Å². The molecule has 0 aromatic carbocycles. The first-order valence-electron chi connectivity index (χ1n) is 7.87. The number of carboxylic acid groups (broad SMARTS) is 1. The van der Waals surface area contributed by atoms with Crippen LogP contribution in [0, 0.1) is 5.92 Å². The molecule has 2 saturated carbocycles. The van der Waals surface area contributed by atoms with Crippen molar-refractivity contribution in [3.63, 3.8) is 0 Å². The molecule has 3 N–H and O–H groups in total. The van der Waals surface area contributed by atoms with Crippen LogP contribution in [0.15, 0.2) is 0 Å². The summed E-state index contributed by atoms with van der Waals surface area (Å²) in [5.74, 6) is -0.950. The van der Waals surface area contributed by atoms with Crippen molar-refractivity contribution in [2.24, 2.45) is 5.92 Å². The van der Waals surface area contributed by atoms with Crippen molar-refractivity contribution in [1.82, 2.24) is 15.5 Å². The van der Waals surface area contributed by atoms with Crippen molar-refractivity contribution in [2.45, 2.75) is 56.5 Å². The molecule has 2 amide bonds. The molecule has 2 fully saturated rings. The van der Waals surface area contributed by atoms with Gasteiger partial charge in [0.25, 0.3) is 0 Å². The zero-order valence-electron chi connectivity index (χ0n) is 13.0. The maximum Gasteiger partial charge on any atom is 0.315 e. The van der Waals surface area contributed by atoms with Gasteiger partial charge in [-0.1, -0.05) is 0 Å². The number of hydrogen-bond donors (Lipinski definition) is 3. The lowest BCUT2D eigenvalue weighted by Crippen LogP contribution is -2.58. The lowest BCUT2D eigenvalue weighted by Gasteiger charge is -2.47. The van der Waals surface area contributed by atoms with Gasteiger partial charge in [0, 0.05) is 18.1 Å². The summed E-state index contributed by atoms with van der Waals surface area (Å²) in [6.45, 7) is 0.677. The normalized spacial score (nSPS) is 27.8. The van der Waals surface area contributed by atoms with Crippen molar-refractivity contribution >= 4 is 12.0 Å². The molecule has 0 spiro atoms. The Kier molecular flexibility index (Phi) is 5.08. The van der Waals surface area contributed by atoms with E-state index in [0.717, 1.165) is 25.7 Å². The van der Waals surface area contributed by atoms with Gasteiger partial charge in [-0.3, -0.25) is 4.79 Å². The molecular formula is C15H27N3O3. The van der Waals surface area contributed by atoms with E-state index in [4.69, 9.17) is 5.11 Å². The van der Waals surface area contributed by atoms with Crippen molar-refractivity contribution in [2.75, 3.05) is 20.6 Å². The summed E-state index contributed by atoms with van der Waals surface area (Å²) in [7, 11) is 4.12. The number of carbonyl (C=O) groups is 2. The number of nitrogens with one attached hydrogen (secondary N) is 2. The second-order valence-electron chi connectivity index (χ2n) is 6.69. The zero-order valence-corrected chi connectivity index (χ0v) is 13.0. The minimum Gasteiger partial charge on any atom is -0.481 e. The molecule has 0 radical (unpaired) electrons. The number of amides is 2. The van der Waals surface area contributed by atoms with Crippen molar-refractivity contribution in [1.29, 1.82) is 0 Å². The Balaban J connectivity index is 1.70. The van der Waals surface area contributed by atoms with Crippen LogP contribution in [0.4, 0.5) is 4.79 Å². The van der Waals surface area contributed by atoms with Gasteiger partial charge in [0.15, 0.2) is 0 Å². The monoisotopic (exact) mass is 297 g/mol. The maximum absolute atomic E-state index is 12.0. The lowest BCUT2D eigenvalue weighted by molar-refractivity contribution is -0.142. The highest BCUT2D eigenvalue weighted by Crippen LogP contribution is 2.35. The summed E-state index contributed by atoms with van der Waals surface area (Å²) >= 11 is 0. The fraction of sp³-hybridized carbons (Fsp3) is 0.867. The average molecular weight is 297 g/mol. The molecule has 0 heterocycles. The molecule has 120 valence electrons. The summed E-state index contributed by atoms with van der Waals surface area (Å²) in [5, 5.41) is 14.9. The molecule has 6 nitrogen and oxygen atoms in total. The Morgan fingerprint density at radius 1 is 1.19 bits per heavy atom. The molecule has 0 aromatic heterocycles. The largest absolute Gasteiger partial charge is 0.481 e. The van der Waals surface area contributed by atoms with Gasteiger partial charge >= 0.3 is 12.0 Å². The third kappa shape index (κ3) is 3.87. The number of hydrogen-bond acceptors (Lipinski definition) is 3. The Morgan fingerprint density at radius 3 is 2.24 bits per heavy atom. The number of nitrogens with zero attached hydrogens (tertiary/aromatic N) is 1. The predicted molar refractivity (Wildman–Crippen MR) is 80.2 cm³/mol. The number of rotatable bonds is 5. The lowest BCUT2D eigenvalue weighted by atomic mass is 9.75. The standard InChI is InChI=1S/C15H27N3O3/c1-18(2)15(8-3-9-15)10-16-14(21)17-12-6-4-11(5-7-12)13(19)20/h11-12H,3-10H2,1-2H3,(H,19,20)(H2,16,17,21). The Morgan fingerprint density at radius 2 is 1.81 bits per heavy atom. The van der Waals surface area contributed by atoms with Crippen molar-refractivity contribution in [3.8, 4) is 0 Å². The first-order chi connectivity index (χ1) is 9.93. The molecule has 0 saturated heterocycles. The molecule has 0 aromatic rings. The van der Waals surface area contributed by atoms with Crippen LogP contribution in [0.1, 0.15) is 44.9 Å². The highest BCUT2D eigenvalue weighted by molar-refractivity contribution is 5.74. The number of likely N-dealkylation sites (N-methyl/N-ethyl adjacent to an activating group) is 1. The van der Waals surface area contributed by atoms with E-state index < -0.39 is 5.97 Å². The van der Waals surface area contributed by atoms with E-state index in [1.165, 1.54) is 6.42 Å². The van der Waals surface area contributed by atoms with E-state index in [2.05, 4.69) is 29.6 Å². The third-order valence-electron chi connectivity index (χ3n) is 5.22. The Hall–Kier alpha value is -1.30. The van der Waals surface area contributed by atoms with E-state index >= 15 is 0 Å². The zero-order chi connectivity index (χ0) is 15.5. The van der Waals surface area contributed by atoms with Crippen molar-refractivity contribution < 1.29 is 14.7 Å². The molecular weight excluding hydrogens is 270 g/mol. The maximum atomic E-state index is 12.0. The summed E-state index contributed by atoms with van der Waals surface area (Å²) in [6.07, 6.45) is 6.30. The molecule has 2 aliphatic carbocycles. The van der Waals surface area contributed by atoms with E-state index in [1.54, 1.807) is 0 Å². The van der Waals surface area contributed by atoms with Gasteiger partial charge in [0.2, 0.25) is 0 Å². The molecule has 0 unspecified atom stereocenters. The van der Waals surface area contributed by atoms with Crippen LogP contribution < -0.4 is 10.6 Å². The summed E-state index contributed by atoms with van der Waals surface area (Å²) in [6, 6.07) is -0.0146. The van der Waals surface area contributed by atoms with Gasteiger partial charge in [0.05, 0.1) is 5.92 Å². The highest BCUT2D eigenvalue weighted by Gasteiger charge is 2.39. The molecule has 0 aliphatic heterocycles. The topological polar surface area (TPSA) is 81.7 Å². The third-order valence-corrected chi connectivity index (χ3v) is 5.22. The van der Waals surface area contributed by atoms with Gasteiger partial charge in [-0.15, -0.1) is 0 Å². The molecule has 6 heteroatoms. The van der Waals surface area contributed by atoms with Crippen LogP contribution in [-0.2, 0) is 4.79 Å². The fourth-order valence-corrected chi connectivity index (χ4v) is 3.33. The Labute approximate surface area is 126 Å². The van der Waals surface area contributed by atoms with Crippen LogP contribution in [0.3, 0.4) is 0 Å². The molecule has 0 bridgehead atoms. The first-order valence-corrected chi connectivity index (χ1v) is 7.87. The number of carboxylic acids is 1. The first kappa shape index (κ1) is 16.1. The Bertz CT molecular complexity index is 386. The average Bonchev–Trinajstić information content (AvgIpc) is 2.37. The number of urea groups is 1. The van der Waals surface area contributed by atoms with Gasteiger partial charge in [-0.2, -0.15) is 0 Å².